The van der Waals surface area contributed by atoms with Crippen molar-refractivity contribution in [3.63, 3.8) is 0 Å². The quantitative estimate of drug-likeness (QED) is 0.650. The van der Waals surface area contributed by atoms with Crippen LogP contribution in [0.5, 0.6) is 6.01 Å². The minimum absolute atomic E-state index is 0.0279. The minimum atomic E-state index is -4.54. The largest absolute Gasteiger partial charge is 0.460 e. The molecule has 0 aliphatic carbocycles. The van der Waals surface area contributed by atoms with Gasteiger partial charge in [0.2, 0.25) is 5.91 Å². The van der Waals surface area contributed by atoms with Crippen LogP contribution in [0.4, 0.5) is 13.2 Å². The van der Waals surface area contributed by atoms with Gasteiger partial charge in [0.1, 0.15) is 6.10 Å². The van der Waals surface area contributed by atoms with E-state index < -0.39 is 11.9 Å². The van der Waals surface area contributed by atoms with Crippen molar-refractivity contribution in [2.24, 2.45) is 7.05 Å². The fourth-order valence-corrected chi connectivity index (χ4v) is 3.77. The van der Waals surface area contributed by atoms with Crippen molar-refractivity contribution in [3.8, 4) is 6.01 Å². The van der Waals surface area contributed by atoms with E-state index in [9.17, 15) is 18.0 Å². The summed E-state index contributed by atoms with van der Waals surface area (Å²) in [5.41, 5.74) is 1.03. The number of fused-ring (bicyclic) bond motifs is 1. The van der Waals surface area contributed by atoms with E-state index in [0.717, 1.165) is 28.7 Å². The van der Waals surface area contributed by atoms with Gasteiger partial charge in [-0.2, -0.15) is 18.2 Å². The number of ether oxygens (including phenoxy) is 1. The normalized spacial score (nSPS) is 15.5. The molecule has 1 saturated heterocycles. The number of likely N-dealkylation sites (tertiary alicyclic amines) is 1. The summed E-state index contributed by atoms with van der Waals surface area (Å²) >= 11 is 0. The number of carbonyl (C=O) groups excluding carboxylic acids is 1. The summed E-state index contributed by atoms with van der Waals surface area (Å²) in [5.74, 6) is 0.0279. The van der Waals surface area contributed by atoms with Gasteiger partial charge >= 0.3 is 12.2 Å². The lowest BCUT2D eigenvalue weighted by Gasteiger charge is -2.31. The number of nitrogens with zero attached hydrogens (tertiary/aromatic N) is 4. The third-order valence-corrected chi connectivity index (χ3v) is 5.31. The monoisotopic (exact) mass is 418 g/mol. The fraction of sp³-hybridized carbons (Fsp3) is 0.381. The summed E-state index contributed by atoms with van der Waals surface area (Å²) in [6, 6.07) is 8.46. The zero-order valence-electron chi connectivity index (χ0n) is 16.4. The molecule has 1 amide bonds. The summed E-state index contributed by atoms with van der Waals surface area (Å²) in [6.45, 7) is 0.959. The Bertz CT molecular complexity index is 1060. The Kier molecular flexibility index (Phi) is 5.36. The van der Waals surface area contributed by atoms with Crippen LogP contribution in [0, 0.1) is 0 Å². The number of piperidine rings is 1. The van der Waals surface area contributed by atoms with Crippen LogP contribution in [0.15, 0.2) is 42.7 Å². The number of carbonyl (C=O) groups is 1. The van der Waals surface area contributed by atoms with Gasteiger partial charge in [0.05, 0.1) is 6.42 Å². The summed E-state index contributed by atoms with van der Waals surface area (Å²) in [6.07, 6.45) is -0.517. The first-order valence-electron chi connectivity index (χ1n) is 9.69. The first-order chi connectivity index (χ1) is 14.3. The average molecular weight is 418 g/mol. The Hall–Kier alpha value is -3.10. The Balaban J connectivity index is 1.35. The molecule has 1 aromatic carbocycles. The lowest BCUT2D eigenvalue weighted by molar-refractivity contribution is -0.141. The van der Waals surface area contributed by atoms with Crippen molar-refractivity contribution >= 4 is 16.8 Å². The van der Waals surface area contributed by atoms with Gasteiger partial charge in [-0.15, -0.1) is 0 Å². The van der Waals surface area contributed by atoms with E-state index in [4.69, 9.17) is 4.74 Å². The molecule has 2 aromatic heterocycles. The number of aromatic nitrogens is 3. The molecule has 6 nitrogen and oxygen atoms in total. The number of para-hydroxylation sites is 1. The average Bonchev–Trinajstić information content (AvgIpc) is 3.04. The van der Waals surface area contributed by atoms with Gasteiger partial charge in [-0.3, -0.25) is 4.79 Å². The van der Waals surface area contributed by atoms with Crippen molar-refractivity contribution < 1.29 is 22.7 Å². The third-order valence-electron chi connectivity index (χ3n) is 5.31. The van der Waals surface area contributed by atoms with Crippen LogP contribution in [0.2, 0.25) is 0 Å². The highest BCUT2D eigenvalue weighted by molar-refractivity contribution is 5.89. The topological polar surface area (TPSA) is 60.2 Å². The molecule has 0 N–H and O–H groups in total. The third kappa shape index (κ3) is 4.24. The van der Waals surface area contributed by atoms with Crippen LogP contribution in [0.1, 0.15) is 24.1 Å². The first kappa shape index (κ1) is 20.2. The van der Waals surface area contributed by atoms with Crippen LogP contribution in [-0.4, -0.2) is 44.5 Å². The van der Waals surface area contributed by atoms with Crippen LogP contribution in [-0.2, 0) is 24.4 Å². The van der Waals surface area contributed by atoms with E-state index in [0.29, 0.717) is 32.4 Å². The lowest BCUT2D eigenvalue weighted by atomic mass is 10.1. The van der Waals surface area contributed by atoms with Crippen molar-refractivity contribution in [1.29, 1.82) is 0 Å². The standard InChI is InChI=1S/C21H21F3N4O2/c1-27-13-14(16-4-2-3-5-17(16)27)12-19(29)28-10-7-15(8-11-28)30-20-25-9-6-18(26-20)21(22,23)24/h2-6,9,13,15H,7-8,10-12H2,1H3. The number of halogens is 3. The molecular formula is C21H21F3N4O2. The molecule has 1 aliphatic rings. The molecule has 9 heteroatoms. The molecule has 0 spiro atoms. The van der Waals surface area contributed by atoms with Gasteiger partial charge in [-0.1, -0.05) is 18.2 Å². The van der Waals surface area contributed by atoms with Crippen LogP contribution < -0.4 is 4.74 Å². The van der Waals surface area contributed by atoms with Crippen molar-refractivity contribution in [2.45, 2.75) is 31.5 Å². The summed E-state index contributed by atoms with van der Waals surface area (Å²) in [7, 11) is 1.95. The van der Waals surface area contributed by atoms with Gasteiger partial charge in [0.15, 0.2) is 5.69 Å². The predicted octanol–water partition coefficient (Wildman–Crippen LogP) is 3.60. The zero-order chi connectivity index (χ0) is 21.3. The molecule has 0 unspecified atom stereocenters. The molecular weight excluding hydrogens is 397 g/mol. The smallest absolute Gasteiger partial charge is 0.433 e. The molecule has 158 valence electrons. The van der Waals surface area contributed by atoms with Crippen molar-refractivity contribution in [3.05, 3.63) is 54.0 Å². The fourth-order valence-electron chi connectivity index (χ4n) is 3.77. The molecule has 3 heterocycles. The lowest BCUT2D eigenvalue weighted by Crippen LogP contribution is -2.42. The van der Waals surface area contributed by atoms with Gasteiger partial charge in [0, 0.05) is 56.3 Å². The maximum Gasteiger partial charge on any atom is 0.433 e. The Morgan fingerprint density at radius 2 is 1.93 bits per heavy atom. The van der Waals surface area contributed by atoms with Crippen LogP contribution >= 0.6 is 0 Å². The Labute approximate surface area is 171 Å². The molecule has 1 aliphatic heterocycles. The summed E-state index contributed by atoms with van der Waals surface area (Å²) in [5, 5.41) is 1.06. The second-order valence-electron chi connectivity index (χ2n) is 7.38. The number of benzene rings is 1. The maximum absolute atomic E-state index is 12.8. The van der Waals surface area contributed by atoms with E-state index in [1.807, 2.05) is 42.1 Å². The number of aryl methyl sites for hydroxylation is 1. The summed E-state index contributed by atoms with van der Waals surface area (Å²) < 4.78 is 45.9. The Morgan fingerprint density at radius 3 is 2.67 bits per heavy atom. The maximum atomic E-state index is 12.8. The van der Waals surface area contributed by atoms with Crippen LogP contribution in [0.3, 0.4) is 0 Å². The number of hydrogen-bond donors (Lipinski definition) is 0. The zero-order valence-corrected chi connectivity index (χ0v) is 16.4. The first-order valence-corrected chi connectivity index (χ1v) is 9.69. The van der Waals surface area contributed by atoms with E-state index in [1.54, 1.807) is 4.90 Å². The van der Waals surface area contributed by atoms with Gasteiger partial charge in [-0.25, -0.2) is 4.98 Å². The van der Waals surface area contributed by atoms with Gasteiger partial charge in [-0.05, 0) is 17.7 Å². The number of rotatable bonds is 4. The second kappa shape index (κ2) is 7.97. The van der Waals surface area contributed by atoms with E-state index in [1.165, 1.54) is 0 Å². The van der Waals surface area contributed by atoms with Crippen molar-refractivity contribution in [1.82, 2.24) is 19.4 Å². The predicted molar refractivity (Wildman–Crippen MR) is 104 cm³/mol. The molecule has 30 heavy (non-hydrogen) atoms. The highest BCUT2D eigenvalue weighted by atomic mass is 19.4. The molecule has 4 rings (SSSR count). The molecule has 0 saturated carbocycles. The Morgan fingerprint density at radius 1 is 1.20 bits per heavy atom. The highest BCUT2D eigenvalue weighted by Gasteiger charge is 2.33. The number of amides is 1. The minimum Gasteiger partial charge on any atom is -0.460 e. The van der Waals surface area contributed by atoms with Crippen molar-refractivity contribution in [2.75, 3.05) is 13.1 Å². The molecule has 0 bridgehead atoms. The molecule has 0 radical (unpaired) electrons. The number of alkyl halides is 3. The molecule has 0 atom stereocenters. The van der Waals surface area contributed by atoms with E-state index >= 15 is 0 Å². The highest BCUT2D eigenvalue weighted by Crippen LogP contribution is 2.28. The SMILES string of the molecule is Cn1cc(CC(=O)N2CCC(Oc3nccc(C(F)(F)F)n3)CC2)c2ccccc21. The second-order valence-corrected chi connectivity index (χ2v) is 7.38. The number of hydrogen-bond acceptors (Lipinski definition) is 4. The van der Waals surface area contributed by atoms with Gasteiger partial charge < -0.3 is 14.2 Å². The van der Waals surface area contributed by atoms with E-state index in [2.05, 4.69) is 9.97 Å². The van der Waals surface area contributed by atoms with Gasteiger partial charge in [0.25, 0.3) is 0 Å². The van der Waals surface area contributed by atoms with Crippen LogP contribution in [0.25, 0.3) is 10.9 Å². The summed E-state index contributed by atoms with van der Waals surface area (Å²) in [4.78, 5) is 21.7. The molecule has 1 fully saturated rings. The molecule has 3 aromatic rings. The van der Waals surface area contributed by atoms with E-state index in [-0.39, 0.29) is 18.0 Å².